The van der Waals surface area contributed by atoms with Crippen LogP contribution in [0, 0.1) is 0 Å². The molecule has 11 heteroatoms. The number of aliphatic carboxylic acids is 2. The first-order chi connectivity index (χ1) is 8.18. The van der Waals surface area contributed by atoms with Gasteiger partial charge in [-0.15, -0.1) is 6.10 Å². The van der Waals surface area contributed by atoms with Crippen molar-refractivity contribution in [2.75, 3.05) is 13.2 Å². The molecule has 6 N–H and O–H groups in total. The first kappa shape index (κ1) is 23.6. The van der Waals surface area contributed by atoms with Gasteiger partial charge in [-0.1, -0.05) is 0 Å². The van der Waals surface area contributed by atoms with Gasteiger partial charge in [0.15, 0.2) is 6.10 Å². The smallest absolute Gasteiger partial charge is 0.851 e. The number of aliphatic hydroxyl groups excluding tert-OH is 4. The summed E-state index contributed by atoms with van der Waals surface area (Å²) in [5, 5.41) is 68.9. The minimum Gasteiger partial charge on any atom is -0.851 e. The first-order valence-corrected chi connectivity index (χ1v) is 4.54. The largest absolute Gasteiger partial charge is 2.00 e. The molecule has 0 bridgehead atoms. The molecule has 0 aliphatic carbocycles. The van der Waals surface area contributed by atoms with Crippen LogP contribution >= 0.6 is 0 Å². The van der Waals surface area contributed by atoms with E-state index < -0.39 is 49.6 Å². The normalized spacial score (nSPS) is 15.9. The van der Waals surface area contributed by atoms with Crippen LogP contribution in [0.25, 0.3) is 0 Å². The molecular formula is C8H14MgO10. The molecule has 0 spiro atoms. The third kappa shape index (κ3) is 11.0. The molecule has 108 valence electrons. The number of rotatable bonds is 6. The zero-order valence-electron chi connectivity index (χ0n) is 9.75. The van der Waals surface area contributed by atoms with Crippen LogP contribution < -0.4 is 10.2 Å². The molecule has 0 aliphatic rings. The van der Waals surface area contributed by atoms with E-state index in [0.717, 1.165) is 0 Å². The van der Waals surface area contributed by atoms with Gasteiger partial charge in [0.2, 0.25) is 0 Å². The quantitative estimate of drug-likeness (QED) is 0.256. The fourth-order valence-electron chi connectivity index (χ4n) is 0.519. The number of hydrogen-bond donors (Lipinski definition) is 6. The molecule has 0 unspecified atom stereocenters. The molecule has 0 radical (unpaired) electrons. The summed E-state index contributed by atoms with van der Waals surface area (Å²) >= 11 is 0. The van der Waals surface area contributed by atoms with E-state index in [1.807, 2.05) is 0 Å². The van der Waals surface area contributed by atoms with Gasteiger partial charge in [-0.25, -0.2) is 4.79 Å². The Morgan fingerprint density at radius 1 is 0.947 bits per heavy atom. The third-order valence-corrected chi connectivity index (χ3v) is 1.57. The number of aliphatic hydroxyl groups is 4. The minimum absolute atomic E-state index is 0. The first-order valence-electron chi connectivity index (χ1n) is 4.54. The van der Waals surface area contributed by atoms with Crippen LogP contribution in [0.4, 0.5) is 0 Å². The molecule has 0 amide bonds. The molecule has 0 saturated heterocycles. The van der Waals surface area contributed by atoms with Crippen molar-refractivity contribution in [3.8, 4) is 0 Å². The predicted octanol–water partition coefficient (Wildman–Crippen LogP) is -6.07. The van der Waals surface area contributed by atoms with Crippen molar-refractivity contribution in [1.29, 1.82) is 0 Å². The molecular weight excluding hydrogens is 280 g/mol. The molecule has 0 aliphatic heterocycles. The fourth-order valence-corrected chi connectivity index (χ4v) is 0.519. The zero-order chi connectivity index (χ0) is 14.9. The summed E-state index contributed by atoms with van der Waals surface area (Å²) in [6, 6.07) is 0. The Morgan fingerprint density at radius 2 is 1.37 bits per heavy atom. The van der Waals surface area contributed by atoms with Crippen molar-refractivity contribution in [2.24, 2.45) is 0 Å². The number of carbonyl (C=O) groups is 2. The van der Waals surface area contributed by atoms with Gasteiger partial charge in [-0.05, 0) is 6.10 Å². The van der Waals surface area contributed by atoms with Crippen molar-refractivity contribution in [1.82, 2.24) is 0 Å². The second-order valence-electron chi connectivity index (χ2n) is 3.01. The summed E-state index contributed by atoms with van der Waals surface area (Å²) in [4.78, 5) is 19.5. The Labute approximate surface area is 123 Å². The SMILES string of the molecule is O=C(O)[C@H](O)[C@@H](O)CO.O=C(O)[C@H]([O-])[C@@H]([O-])CO.[Mg+2]. The second-order valence-corrected chi connectivity index (χ2v) is 3.01. The Bertz CT molecular complexity index is 234. The van der Waals surface area contributed by atoms with Crippen molar-refractivity contribution in [3.63, 3.8) is 0 Å². The molecule has 0 heterocycles. The summed E-state index contributed by atoms with van der Waals surface area (Å²) in [5.41, 5.74) is 0. The molecule has 19 heavy (non-hydrogen) atoms. The zero-order valence-corrected chi connectivity index (χ0v) is 11.2. The maximum atomic E-state index is 10.1. The summed E-state index contributed by atoms with van der Waals surface area (Å²) in [5.74, 6) is -3.26. The number of hydrogen-bond acceptors (Lipinski definition) is 8. The standard InChI is InChI=1S/C4H8O5.C4H6O5.Mg/c2*5-1-2(6)3(7)4(8)9;/h2-3,5-7H,1H2,(H,8,9);2-3,5H,1H2,(H,8,9);/q;-2;+2/t2*2-,3+;/m00./s1. The van der Waals surface area contributed by atoms with E-state index in [0.29, 0.717) is 0 Å². The summed E-state index contributed by atoms with van der Waals surface area (Å²) in [7, 11) is 0. The molecule has 0 rings (SSSR count). The Kier molecular flexibility index (Phi) is 15.5. The van der Waals surface area contributed by atoms with Crippen LogP contribution in [0.3, 0.4) is 0 Å². The van der Waals surface area contributed by atoms with E-state index in [4.69, 9.17) is 30.6 Å². The molecule has 0 aromatic heterocycles. The van der Waals surface area contributed by atoms with Gasteiger partial charge >= 0.3 is 29.0 Å². The van der Waals surface area contributed by atoms with Gasteiger partial charge in [0.25, 0.3) is 5.97 Å². The van der Waals surface area contributed by atoms with Gasteiger partial charge in [0.05, 0.1) is 6.61 Å². The summed E-state index contributed by atoms with van der Waals surface area (Å²) < 4.78 is 0. The van der Waals surface area contributed by atoms with Crippen LogP contribution in [-0.4, -0.2) is 103 Å². The van der Waals surface area contributed by atoms with E-state index in [9.17, 15) is 19.8 Å². The summed E-state index contributed by atoms with van der Waals surface area (Å²) in [6.07, 6.45) is -7.70. The Morgan fingerprint density at radius 3 is 1.47 bits per heavy atom. The van der Waals surface area contributed by atoms with Gasteiger partial charge in [-0.2, -0.15) is 0 Å². The molecule has 0 fully saturated rings. The van der Waals surface area contributed by atoms with Crippen molar-refractivity contribution < 1.29 is 50.4 Å². The number of carboxylic acid groups (broad SMARTS) is 2. The Hall–Kier alpha value is -0.534. The van der Waals surface area contributed by atoms with Crippen LogP contribution in [0.5, 0.6) is 0 Å². The summed E-state index contributed by atoms with van der Waals surface area (Å²) in [6.45, 7) is -1.69. The maximum Gasteiger partial charge on any atom is 2.00 e. The average molecular weight is 294 g/mol. The topological polar surface area (TPSA) is 202 Å². The van der Waals surface area contributed by atoms with Crippen molar-refractivity contribution in [3.05, 3.63) is 0 Å². The van der Waals surface area contributed by atoms with Crippen molar-refractivity contribution in [2.45, 2.75) is 24.4 Å². The van der Waals surface area contributed by atoms with E-state index in [1.54, 1.807) is 0 Å². The molecule has 4 atom stereocenters. The maximum absolute atomic E-state index is 10.1. The Balaban J connectivity index is -0.000000256. The van der Waals surface area contributed by atoms with E-state index in [1.165, 1.54) is 0 Å². The number of carboxylic acids is 2. The molecule has 0 aromatic carbocycles. The van der Waals surface area contributed by atoms with Crippen LogP contribution in [0.1, 0.15) is 0 Å². The van der Waals surface area contributed by atoms with Crippen molar-refractivity contribution >= 4 is 35.0 Å². The van der Waals surface area contributed by atoms with E-state index in [-0.39, 0.29) is 23.1 Å². The van der Waals surface area contributed by atoms with Gasteiger partial charge in [0.1, 0.15) is 6.10 Å². The fraction of sp³-hybridized carbons (Fsp3) is 0.750. The minimum atomic E-state index is -2.25. The third-order valence-electron chi connectivity index (χ3n) is 1.57. The van der Waals surface area contributed by atoms with Crippen LogP contribution in [0.2, 0.25) is 0 Å². The molecule has 10 nitrogen and oxygen atoms in total. The van der Waals surface area contributed by atoms with E-state index >= 15 is 0 Å². The average Bonchev–Trinajstić information content (AvgIpc) is 2.35. The molecule has 0 saturated carbocycles. The molecule has 0 aromatic rings. The van der Waals surface area contributed by atoms with Crippen LogP contribution in [-0.2, 0) is 9.59 Å². The van der Waals surface area contributed by atoms with E-state index in [2.05, 4.69) is 0 Å². The van der Waals surface area contributed by atoms with Gasteiger partial charge < -0.3 is 40.9 Å². The van der Waals surface area contributed by atoms with Gasteiger partial charge in [-0.3, -0.25) is 4.79 Å². The monoisotopic (exact) mass is 294 g/mol. The predicted molar refractivity (Wildman–Crippen MR) is 54.8 cm³/mol. The van der Waals surface area contributed by atoms with Crippen LogP contribution in [0.15, 0.2) is 0 Å². The second kappa shape index (κ2) is 12.5. The van der Waals surface area contributed by atoms with Gasteiger partial charge in [0, 0.05) is 6.61 Å².